The monoisotopic (exact) mass is 266 g/mol. The summed E-state index contributed by atoms with van der Waals surface area (Å²) in [6.45, 7) is 8.80. The molecule has 0 aromatic carbocycles. The van der Waals surface area contributed by atoms with Crippen LogP contribution in [0.4, 0.5) is 0 Å². The van der Waals surface area contributed by atoms with Gasteiger partial charge in [-0.2, -0.15) is 0 Å². The van der Waals surface area contributed by atoms with Gasteiger partial charge in [0.1, 0.15) is 0 Å². The predicted molar refractivity (Wildman–Crippen MR) is 79.0 cm³/mol. The van der Waals surface area contributed by atoms with Gasteiger partial charge in [-0.15, -0.1) is 0 Å². The fourth-order valence-electron chi connectivity index (χ4n) is 3.00. The summed E-state index contributed by atoms with van der Waals surface area (Å²) in [5.41, 5.74) is 0. The van der Waals surface area contributed by atoms with Gasteiger partial charge >= 0.3 is 0 Å². The zero-order valence-electron chi connectivity index (χ0n) is 12.9. The van der Waals surface area contributed by atoms with E-state index in [0.717, 1.165) is 50.2 Å². The summed E-state index contributed by atoms with van der Waals surface area (Å²) in [6.07, 6.45) is 6.00. The van der Waals surface area contributed by atoms with Gasteiger partial charge in [0.05, 0.1) is 0 Å². The Bertz CT molecular complexity index is 293. The van der Waals surface area contributed by atoms with Crippen molar-refractivity contribution >= 4 is 5.91 Å². The summed E-state index contributed by atoms with van der Waals surface area (Å²) >= 11 is 0. The van der Waals surface area contributed by atoms with Crippen molar-refractivity contribution in [3.05, 3.63) is 0 Å². The molecule has 0 atom stereocenters. The van der Waals surface area contributed by atoms with Crippen molar-refractivity contribution in [1.29, 1.82) is 0 Å². The van der Waals surface area contributed by atoms with E-state index in [1.807, 2.05) is 4.90 Å². The van der Waals surface area contributed by atoms with Gasteiger partial charge in [-0.1, -0.05) is 20.3 Å². The van der Waals surface area contributed by atoms with Crippen LogP contribution in [0.5, 0.6) is 0 Å². The molecule has 1 aliphatic heterocycles. The van der Waals surface area contributed by atoms with Crippen LogP contribution >= 0.6 is 0 Å². The van der Waals surface area contributed by atoms with E-state index in [2.05, 4.69) is 25.8 Å². The average molecular weight is 266 g/mol. The molecule has 1 saturated carbocycles. The molecule has 0 unspecified atom stereocenters. The number of nitrogens with zero attached hydrogens (tertiary/aromatic N) is 2. The predicted octanol–water partition coefficient (Wildman–Crippen LogP) is 2.61. The Morgan fingerprint density at radius 1 is 1.32 bits per heavy atom. The molecule has 0 aromatic heterocycles. The third-order valence-electron chi connectivity index (χ3n) is 4.93. The number of amides is 1. The normalized spacial score (nSPS) is 20.8. The van der Waals surface area contributed by atoms with Crippen LogP contribution in [-0.2, 0) is 4.79 Å². The number of hydrogen-bond donors (Lipinski definition) is 0. The quantitative estimate of drug-likeness (QED) is 0.707. The molecule has 3 nitrogen and oxygen atoms in total. The zero-order chi connectivity index (χ0) is 13.8. The molecule has 0 N–H and O–H groups in total. The number of hydrogen-bond acceptors (Lipinski definition) is 2. The van der Waals surface area contributed by atoms with Crippen molar-refractivity contribution in [2.75, 3.05) is 33.2 Å². The highest BCUT2D eigenvalue weighted by molar-refractivity contribution is 5.76. The molecule has 1 amide bonds. The van der Waals surface area contributed by atoms with Gasteiger partial charge in [0.2, 0.25) is 5.91 Å². The minimum atomic E-state index is 0.369. The molecule has 0 spiro atoms. The highest BCUT2D eigenvalue weighted by atomic mass is 16.2. The lowest BCUT2D eigenvalue weighted by molar-refractivity contribution is -0.138. The van der Waals surface area contributed by atoms with E-state index in [1.165, 1.54) is 25.8 Å². The van der Waals surface area contributed by atoms with Crippen LogP contribution < -0.4 is 0 Å². The fraction of sp³-hybridized carbons (Fsp3) is 0.938. The Morgan fingerprint density at radius 3 is 2.53 bits per heavy atom. The third-order valence-corrected chi connectivity index (χ3v) is 4.93. The van der Waals surface area contributed by atoms with Crippen molar-refractivity contribution < 1.29 is 4.79 Å². The maximum absolute atomic E-state index is 12.0. The van der Waals surface area contributed by atoms with E-state index in [-0.39, 0.29) is 0 Å². The van der Waals surface area contributed by atoms with E-state index in [0.29, 0.717) is 5.91 Å². The van der Waals surface area contributed by atoms with Crippen molar-refractivity contribution in [2.24, 2.45) is 17.8 Å². The Labute approximate surface area is 118 Å². The Hall–Kier alpha value is -0.570. The van der Waals surface area contributed by atoms with Crippen LogP contribution in [0.25, 0.3) is 0 Å². The molecule has 1 heterocycles. The lowest BCUT2D eigenvalue weighted by atomic mass is 9.85. The number of rotatable bonds is 7. The summed E-state index contributed by atoms with van der Waals surface area (Å²) in [7, 11) is 2.20. The van der Waals surface area contributed by atoms with E-state index in [4.69, 9.17) is 0 Å². The summed E-state index contributed by atoms with van der Waals surface area (Å²) in [5.74, 6) is 2.76. The second-order valence-corrected chi connectivity index (χ2v) is 6.97. The summed E-state index contributed by atoms with van der Waals surface area (Å²) in [4.78, 5) is 16.4. The first-order valence-electron chi connectivity index (χ1n) is 8.02. The number of carbonyl (C=O) groups excluding carboxylic acids is 1. The van der Waals surface area contributed by atoms with Crippen LogP contribution in [0.2, 0.25) is 0 Å². The van der Waals surface area contributed by atoms with Gasteiger partial charge < -0.3 is 9.80 Å². The number of likely N-dealkylation sites (tertiary alicyclic amines) is 1. The molecule has 0 aromatic rings. The summed E-state index contributed by atoms with van der Waals surface area (Å²) < 4.78 is 0. The van der Waals surface area contributed by atoms with E-state index in [9.17, 15) is 4.79 Å². The van der Waals surface area contributed by atoms with E-state index in [1.54, 1.807) is 0 Å². The first kappa shape index (κ1) is 14.8. The van der Waals surface area contributed by atoms with E-state index >= 15 is 0 Å². The molecule has 0 bridgehead atoms. The zero-order valence-corrected chi connectivity index (χ0v) is 12.9. The largest absolute Gasteiger partial charge is 0.342 e. The topological polar surface area (TPSA) is 23.6 Å². The van der Waals surface area contributed by atoms with Gasteiger partial charge in [0.15, 0.2) is 0 Å². The van der Waals surface area contributed by atoms with Crippen LogP contribution in [0.3, 0.4) is 0 Å². The standard InChI is InChI=1S/C16H30N2O/c1-13(2)15-11-18(12-15)16(19)8-5-9-17(3)10-14-6-4-7-14/h13-15H,4-12H2,1-3H3. The van der Waals surface area contributed by atoms with Crippen LogP contribution in [0.1, 0.15) is 46.0 Å². The smallest absolute Gasteiger partial charge is 0.222 e. The van der Waals surface area contributed by atoms with Gasteiger partial charge in [0.25, 0.3) is 0 Å². The maximum Gasteiger partial charge on any atom is 0.222 e. The molecule has 0 radical (unpaired) electrons. The highest BCUT2D eigenvalue weighted by Gasteiger charge is 2.31. The van der Waals surface area contributed by atoms with Gasteiger partial charge in [-0.3, -0.25) is 4.79 Å². The van der Waals surface area contributed by atoms with Gasteiger partial charge in [0, 0.05) is 26.1 Å². The molecule has 1 saturated heterocycles. The SMILES string of the molecule is CC(C)C1CN(C(=O)CCCN(C)CC2CCC2)C1. The summed E-state index contributed by atoms with van der Waals surface area (Å²) in [6, 6.07) is 0. The van der Waals surface area contributed by atoms with Crippen molar-refractivity contribution in [3.8, 4) is 0 Å². The third kappa shape index (κ3) is 4.20. The van der Waals surface area contributed by atoms with Crippen LogP contribution in [0, 0.1) is 17.8 Å². The molecular weight excluding hydrogens is 236 g/mol. The van der Waals surface area contributed by atoms with Gasteiger partial charge in [-0.05, 0) is 50.6 Å². The molecule has 110 valence electrons. The second-order valence-electron chi connectivity index (χ2n) is 6.97. The molecule has 2 rings (SSSR count). The molecule has 2 aliphatic rings. The van der Waals surface area contributed by atoms with Crippen molar-refractivity contribution in [2.45, 2.75) is 46.0 Å². The first-order chi connectivity index (χ1) is 9.06. The molecular formula is C16H30N2O. The average Bonchev–Trinajstić information content (AvgIpc) is 2.20. The van der Waals surface area contributed by atoms with Crippen LogP contribution in [-0.4, -0.2) is 48.9 Å². The highest BCUT2D eigenvalue weighted by Crippen LogP contribution is 2.27. The Kier molecular flexibility index (Phi) is 5.26. The lowest BCUT2D eigenvalue weighted by Gasteiger charge is -2.41. The first-order valence-corrected chi connectivity index (χ1v) is 8.02. The Balaban J connectivity index is 1.52. The Morgan fingerprint density at radius 2 is 2.00 bits per heavy atom. The molecule has 1 aliphatic carbocycles. The van der Waals surface area contributed by atoms with Crippen molar-refractivity contribution in [1.82, 2.24) is 9.80 Å². The van der Waals surface area contributed by atoms with Crippen molar-refractivity contribution in [3.63, 3.8) is 0 Å². The second kappa shape index (κ2) is 6.74. The van der Waals surface area contributed by atoms with E-state index < -0.39 is 0 Å². The fourth-order valence-corrected chi connectivity index (χ4v) is 3.00. The van der Waals surface area contributed by atoms with Crippen LogP contribution in [0.15, 0.2) is 0 Å². The van der Waals surface area contributed by atoms with Gasteiger partial charge in [-0.25, -0.2) is 0 Å². The molecule has 2 fully saturated rings. The molecule has 3 heteroatoms. The molecule has 19 heavy (non-hydrogen) atoms. The lowest BCUT2D eigenvalue weighted by Crippen LogP contribution is -2.51. The minimum Gasteiger partial charge on any atom is -0.342 e. The maximum atomic E-state index is 12.0. The minimum absolute atomic E-state index is 0.369. The summed E-state index contributed by atoms with van der Waals surface area (Å²) in [5, 5.41) is 0. The number of carbonyl (C=O) groups is 1.